The van der Waals surface area contributed by atoms with E-state index in [2.05, 4.69) is 26.1 Å². The van der Waals surface area contributed by atoms with Crippen LogP contribution >= 0.6 is 0 Å². The zero-order valence-corrected chi connectivity index (χ0v) is 22.2. The minimum atomic E-state index is -1.17. The van der Waals surface area contributed by atoms with E-state index < -0.39 is 47.5 Å². The number of amides is 4. The maximum atomic E-state index is 12.9. The molecule has 0 fully saturated rings. The number of nitrogens with two attached hydrogens (primary N) is 1. The molecular weight excluding hydrogens is 488 g/mol. The van der Waals surface area contributed by atoms with E-state index in [1.165, 1.54) is 12.1 Å². The Bertz CT molecular complexity index is 824. The molecule has 37 heavy (non-hydrogen) atoms. The fourth-order valence-corrected chi connectivity index (χ4v) is 2.88. The molecule has 0 unspecified atom stereocenters. The Morgan fingerprint density at radius 2 is 1.81 bits per heavy atom. The number of hydrogen-bond acceptors (Lipinski definition) is 9. The molecular formula is C22H40N8O7. The third-order valence-corrected chi connectivity index (χ3v) is 4.55. The zero-order chi connectivity index (χ0) is 28.4. The van der Waals surface area contributed by atoms with E-state index in [4.69, 9.17) is 20.7 Å². The molecule has 0 aliphatic heterocycles. The lowest BCUT2D eigenvalue weighted by molar-refractivity contribution is -0.146. The number of rotatable bonds is 17. The fourth-order valence-electron chi connectivity index (χ4n) is 2.88. The predicted molar refractivity (Wildman–Crippen MR) is 133 cm³/mol. The highest BCUT2D eigenvalue weighted by molar-refractivity contribution is 5.87. The van der Waals surface area contributed by atoms with Crippen molar-refractivity contribution in [2.45, 2.75) is 83.9 Å². The molecule has 0 aromatic rings. The number of nitrogens with zero attached hydrogens (tertiary/aromatic N) is 4. The minimum Gasteiger partial charge on any atom is -0.465 e. The maximum Gasteiger partial charge on any atom is 0.408 e. The monoisotopic (exact) mass is 528 g/mol. The summed E-state index contributed by atoms with van der Waals surface area (Å²) in [7, 11) is 1.48. The predicted octanol–water partition coefficient (Wildman–Crippen LogP) is 1.03. The number of hydrazine groups is 1. The van der Waals surface area contributed by atoms with Crippen LogP contribution in [-0.4, -0.2) is 79.2 Å². The van der Waals surface area contributed by atoms with Crippen LogP contribution in [0.15, 0.2) is 5.11 Å². The largest absolute Gasteiger partial charge is 0.465 e. The van der Waals surface area contributed by atoms with E-state index in [0.717, 1.165) is 12.8 Å². The Labute approximate surface area is 216 Å². The third kappa shape index (κ3) is 18.4. The molecule has 4 amide bonds. The van der Waals surface area contributed by atoms with Crippen LogP contribution in [0.5, 0.6) is 0 Å². The Kier molecular flexibility index (Phi) is 16.1. The van der Waals surface area contributed by atoms with Crippen molar-refractivity contribution < 1.29 is 33.4 Å². The summed E-state index contributed by atoms with van der Waals surface area (Å²) in [5, 5.41) is 9.72. The summed E-state index contributed by atoms with van der Waals surface area (Å²) in [5.74, 6) is -2.38. The van der Waals surface area contributed by atoms with Crippen LogP contribution < -0.4 is 21.8 Å². The van der Waals surface area contributed by atoms with Gasteiger partial charge in [0.25, 0.3) is 0 Å². The molecule has 0 saturated carbocycles. The number of esters is 1. The van der Waals surface area contributed by atoms with Gasteiger partial charge in [-0.3, -0.25) is 24.6 Å². The van der Waals surface area contributed by atoms with Gasteiger partial charge in [-0.1, -0.05) is 18.5 Å². The summed E-state index contributed by atoms with van der Waals surface area (Å²) in [6.07, 6.45) is 0.345. The van der Waals surface area contributed by atoms with Gasteiger partial charge in [-0.05, 0) is 45.6 Å². The number of ether oxygens (including phenoxy) is 2. The topological polar surface area (TPSA) is 218 Å². The third-order valence-electron chi connectivity index (χ3n) is 4.55. The van der Waals surface area contributed by atoms with Gasteiger partial charge in [-0.15, -0.1) is 0 Å². The number of hydrogen-bond donors (Lipinski definition) is 4. The molecule has 0 saturated heterocycles. The highest BCUT2D eigenvalue weighted by Crippen LogP contribution is 2.09. The molecule has 15 heteroatoms. The van der Waals surface area contributed by atoms with Crippen molar-refractivity contribution in [3.05, 3.63) is 10.4 Å². The minimum absolute atomic E-state index is 0.0141. The van der Waals surface area contributed by atoms with Crippen molar-refractivity contribution in [3.8, 4) is 0 Å². The second-order valence-corrected chi connectivity index (χ2v) is 9.32. The number of likely N-dealkylation sites (N-methyl/N-ethyl adjacent to an activating group) is 1. The first-order chi connectivity index (χ1) is 17.3. The van der Waals surface area contributed by atoms with Gasteiger partial charge in [0.2, 0.25) is 17.7 Å². The highest BCUT2D eigenvalue weighted by Gasteiger charge is 2.27. The van der Waals surface area contributed by atoms with Gasteiger partial charge in [0.1, 0.15) is 18.2 Å². The van der Waals surface area contributed by atoms with E-state index in [1.807, 2.05) is 6.92 Å². The fraction of sp³-hybridized carbons (Fsp3) is 0.773. The van der Waals surface area contributed by atoms with Gasteiger partial charge in [-0.25, -0.2) is 9.80 Å². The summed E-state index contributed by atoms with van der Waals surface area (Å²) in [4.78, 5) is 63.4. The first-order valence-corrected chi connectivity index (χ1v) is 12.0. The van der Waals surface area contributed by atoms with Gasteiger partial charge in [0.05, 0.1) is 6.61 Å². The molecule has 0 spiro atoms. The number of primary amides is 1. The Balaban J connectivity index is 5.22. The summed E-state index contributed by atoms with van der Waals surface area (Å²) in [6, 6.07) is -1.97. The Morgan fingerprint density at radius 3 is 2.38 bits per heavy atom. The summed E-state index contributed by atoms with van der Waals surface area (Å²) >= 11 is 0. The lowest BCUT2D eigenvalue weighted by Crippen LogP contribution is -2.52. The summed E-state index contributed by atoms with van der Waals surface area (Å²) in [5.41, 5.74) is 15.4. The Morgan fingerprint density at radius 1 is 1.14 bits per heavy atom. The molecule has 0 aliphatic carbocycles. The molecule has 5 N–H and O–H groups in total. The Hall–Kier alpha value is -3.58. The molecule has 0 aromatic heterocycles. The van der Waals surface area contributed by atoms with Gasteiger partial charge in [-0.2, -0.15) is 0 Å². The van der Waals surface area contributed by atoms with E-state index in [-0.39, 0.29) is 38.8 Å². The lowest BCUT2D eigenvalue weighted by atomic mass is 10.1. The number of unbranched alkanes of at least 4 members (excludes halogenated alkanes) is 1. The highest BCUT2D eigenvalue weighted by atomic mass is 16.6. The van der Waals surface area contributed by atoms with E-state index in [0.29, 0.717) is 6.61 Å². The average molecular weight is 529 g/mol. The quantitative estimate of drug-likeness (QED) is 0.0532. The van der Waals surface area contributed by atoms with Crippen LogP contribution in [0.1, 0.15) is 66.2 Å². The number of nitrogens with one attached hydrogen (secondary N) is 3. The number of alkyl carbamates (subject to hydrolysis) is 1. The van der Waals surface area contributed by atoms with E-state index in [1.54, 1.807) is 20.8 Å². The SMILES string of the molecule is CCCCOC(=O)CN(C)NC(=O)C[C@H](CCN=[N+]=[N-])NC(=O)[C@H](CCC(N)=O)NC(=O)OC(C)(C)C. The number of azide groups is 1. The molecule has 210 valence electrons. The summed E-state index contributed by atoms with van der Waals surface area (Å²) in [6.45, 7) is 7.01. The normalized spacial score (nSPS) is 12.5. The molecule has 0 rings (SSSR count). The van der Waals surface area contributed by atoms with Crippen LogP contribution in [0, 0.1) is 0 Å². The van der Waals surface area contributed by atoms with Crippen LogP contribution in [-0.2, 0) is 28.7 Å². The van der Waals surface area contributed by atoms with E-state index in [9.17, 15) is 24.0 Å². The zero-order valence-electron chi connectivity index (χ0n) is 22.2. The molecule has 0 heterocycles. The van der Waals surface area contributed by atoms with E-state index >= 15 is 0 Å². The molecule has 15 nitrogen and oxygen atoms in total. The van der Waals surface area contributed by atoms with Crippen molar-refractivity contribution >= 4 is 29.8 Å². The smallest absolute Gasteiger partial charge is 0.408 e. The van der Waals surface area contributed by atoms with Crippen LogP contribution in [0.4, 0.5) is 4.79 Å². The van der Waals surface area contributed by atoms with Gasteiger partial charge >= 0.3 is 12.1 Å². The van der Waals surface area contributed by atoms with Crippen LogP contribution in [0.2, 0.25) is 0 Å². The van der Waals surface area contributed by atoms with Crippen molar-refractivity contribution in [3.63, 3.8) is 0 Å². The standard InChI is InChI=1S/C22H40N8O7/c1-6-7-12-36-19(33)14-30(5)28-18(32)13-15(10-11-25-29-24)26-20(34)16(8-9-17(23)31)27-21(35)37-22(2,3)4/h15-16H,6-14H2,1-5H3,(H2,23,31)(H,26,34)(H,27,35)(H,28,32)/t15-,16-/m0/s1. The second-order valence-electron chi connectivity index (χ2n) is 9.32. The maximum absolute atomic E-state index is 12.9. The number of carbonyl (C=O) groups is 5. The molecule has 2 atom stereocenters. The molecule has 0 radical (unpaired) electrons. The van der Waals surface area contributed by atoms with Crippen LogP contribution in [0.25, 0.3) is 10.4 Å². The van der Waals surface area contributed by atoms with Crippen molar-refractivity contribution in [2.24, 2.45) is 10.8 Å². The first-order valence-electron chi connectivity index (χ1n) is 12.0. The van der Waals surface area contributed by atoms with Crippen molar-refractivity contribution in [2.75, 3.05) is 26.7 Å². The van der Waals surface area contributed by atoms with Crippen LogP contribution in [0.3, 0.4) is 0 Å². The average Bonchev–Trinajstić information content (AvgIpc) is 2.75. The molecule has 0 bridgehead atoms. The first kappa shape index (κ1) is 33.4. The summed E-state index contributed by atoms with van der Waals surface area (Å²) < 4.78 is 10.2. The lowest BCUT2D eigenvalue weighted by Gasteiger charge is -2.25. The second kappa shape index (κ2) is 17.8. The molecule has 0 aliphatic rings. The van der Waals surface area contributed by atoms with Gasteiger partial charge in [0.15, 0.2) is 0 Å². The van der Waals surface area contributed by atoms with Crippen molar-refractivity contribution in [1.82, 2.24) is 21.1 Å². The van der Waals surface area contributed by atoms with Gasteiger partial charge < -0.3 is 25.8 Å². The van der Waals surface area contributed by atoms with Crippen molar-refractivity contribution in [1.29, 1.82) is 0 Å². The molecule has 0 aromatic carbocycles. The van der Waals surface area contributed by atoms with Gasteiger partial charge in [0, 0.05) is 37.4 Å². The number of carbonyl (C=O) groups excluding carboxylic acids is 5.